The van der Waals surface area contributed by atoms with Gasteiger partial charge in [-0.05, 0) is 0 Å². The molecule has 0 bridgehead atoms. The van der Waals surface area contributed by atoms with Crippen molar-refractivity contribution in [2.45, 2.75) is 25.0 Å². The molecule has 3 nitrogen and oxygen atoms in total. The summed E-state index contributed by atoms with van der Waals surface area (Å²) in [6, 6.07) is 0.514. The van der Waals surface area contributed by atoms with Crippen LogP contribution >= 0.6 is 11.8 Å². The molecule has 0 unspecified atom stereocenters. The maximum absolute atomic E-state index is 4.25. The maximum atomic E-state index is 4.25. The normalized spacial score (nSPS) is 10.9. The minimum atomic E-state index is 0.514. The third-order valence-electron chi connectivity index (χ3n) is 1.94. The molecule has 1 aromatic heterocycles. The highest BCUT2D eigenvalue weighted by atomic mass is 32.2. The molecule has 1 rings (SSSR count). The molecule has 0 radical (unpaired) electrons. The topological polar surface area (TPSA) is 29.9 Å². The van der Waals surface area contributed by atoms with Crippen LogP contribution in [-0.2, 0) is 7.05 Å². The number of hydrogen-bond acceptors (Lipinski definition) is 3. The first-order valence-corrected chi connectivity index (χ1v) is 6.08. The molecule has 4 heteroatoms. The summed E-state index contributed by atoms with van der Waals surface area (Å²) in [5.41, 5.74) is 1.21. The first-order chi connectivity index (χ1) is 7.09. The van der Waals surface area contributed by atoms with Gasteiger partial charge in [-0.15, -0.1) is 0 Å². The van der Waals surface area contributed by atoms with E-state index in [1.54, 1.807) is 11.8 Å². The standard InChI is InChI=1S/C11H19N3S/c1-9(2)13-7-10(3)8-15-11-12-5-6-14(11)4/h5-6,9,13H,3,7-8H2,1-2,4H3. The second kappa shape index (κ2) is 5.98. The fourth-order valence-electron chi connectivity index (χ4n) is 1.06. The van der Waals surface area contributed by atoms with E-state index < -0.39 is 0 Å². The van der Waals surface area contributed by atoms with Crippen LogP contribution < -0.4 is 5.32 Å². The summed E-state index contributed by atoms with van der Waals surface area (Å²) in [6.07, 6.45) is 3.77. The van der Waals surface area contributed by atoms with Crippen LogP contribution in [0, 0.1) is 0 Å². The Labute approximate surface area is 96.0 Å². The second-order valence-electron chi connectivity index (χ2n) is 3.89. The third kappa shape index (κ3) is 4.53. The Hall–Kier alpha value is -0.740. The SMILES string of the molecule is C=C(CNC(C)C)CSc1nccn1C. The van der Waals surface area contributed by atoms with Gasteiger partial charge >= 0.3 is 0 Å². The highest BCUT2D eigenvalue weighted by Gasteiger charge is 2.02. The monoisotopic (exact) mass is 225 g/mol. The van der Waals surface area contributed by atoms with Crippen LogP contribution in [0.15, 0.2) is 29.7 Å². The lowest BCUT2D eigenvalue weighted by atomic mass is 10.3. The summed E-state index contributed by atoms with van der Waals surface area (Å²) in [5.74, 6) is 0.921. The second-order valence-corrected chi connectivity index (χ2v) is 4.84. The lowest BCUT2D eigenvalue weighted by Crippen LogP contribution is -2.25. The van der Waals surface area contributed by atoms with Crippen molar-refractivity contribution in [1.82, 2.24) is 14.9 Å². The van der Waals surface area contributed by atoms with Crippen molar-refractivity contribution in [3.8, 4) is 0 Å². The molecule has 84 valence electrons. The number of imidazole rings is 1. The summed E-state index contributed by atoms with van der Waals surface area (Å²) < 4.78 is 2.02. The maximum Gasteiger partial charge on any atom is 0.167 e. The van der Waals surface area contributed by atoms with Crippen LogP contribution in [0.25, 0.3) is 0 Å². The average Bonchev–Trinajstić information content (AvgIpc) is 2.58. The van der Waals surface area contributed by atoms with Gasteiger partial charge in [-0.1, -0.05) is 37.8 Å². The van der Waals surface area contributed by atoms with Gasteiger partial charge in [0.25, 0.3) is 0 Å². The van der Waals surface area contributed by atoms with Crippen LogP contribution in [0.5, 0.6) is 0 Å². The van der Waals surface area contributed by atoms with Gasteiger partial charge in [-0.3, -0.25) is 0 Å². The number of nitrogens with zero attached hydrogens (tertiary/aromatic N) is 2. The molecule has 0 aliphatic heterocycles. The lowest BCUT2D eigenvalue weighted by molar-refractivity contribution is 0.623. The van der Waals surface area contributed by atoms with Gasteiger partial charge in [-0.25, -0.2) is 4.98 Å². The van der Waals surface area contributed by atoms with E-state index in [2.05, 4.69) is 30.7 Å². The summed E-state index contributed by atoms with van der Waals surface area (Å²) in [4.78, 5) is 4.25. The van der Waals surface area contributed by atoms with Gasteiger partial charge in [0, 0.05) is 37.8 Å². The van der Waals surface area contributed by atoms with Crippen molar-refractivity contribution < 1.29 is 0 Å². The molecule has 0 aliphatic carbocycles. The molecule has 15 heavy (non-hydrogen) atoms. The summed E-state index contributed by atoms with van der Waals surface area (Å²) in [7, 11) is 2.00. The van der Waals surface area contributed by atoms with Gasteiger partial charge in [-0.2, -0.15) is 0 Å². The largest absolute Gasteiger partial charge is 0.329 e. The minimum absolute atomic E-state index is 0.514. The molecule has 0 saturated heterocycles. The Kier molecular flexibility index (Phi) is 4.91. The zero-order valence-electron chi connectivity index (χ0n) is 9.66. The number of aromatic nitrogens is 2. The predicted octanol–water partition coefficient (Wildman–Crippen LogP) is 2.07. The van der Waals surface area contributed by atoms with Gasteiger partial charge in [0.2, 0.25) is 0 Å². The van der Waals surface area contributed by atoms with E-state index in [1.807, 2.05) is 24.0 Å². The number of thioether (sulfide) groups is 1. The van der Waals surface area contributed by atoms with Gasteiger partial charge in [0.15, 0.2) is 5.16 Å². The summed E-state index contributed by atoms with van der Waals surface area (Å²) in [6.45, 7) is 9.20. The summed E-state index contributed by atoms with van der Waals surface area (Å²) in [5, 5.41) is 4.39. The zero-order valence-corrected chi connectivity index (χ0v) is 10.5. The van der Waals surface area contributed by atoms with E-state index in [9.17, 15) is 0 Å². The molecule has 0 aliphatic rings. The Morgan fingerprint density at radius 1 is 1.67 bits per heavy atom. The Bertz CT molecular complexity index is 317. The van der Waals surface area contributed by atoms with Gasteiger partial charge < -0.3 is 9.88 Å². The average molecular weight is 225 g/mol. The lowest BCUT2D eigenvalue weighted by Gasteiger charge is -2.09. The molecule has 0 aromatic carbocycles. The van der Waals surface area contributed by atoms with Gasteiger partial charge in [0.05, 0.1) is 0 Å². The highest BCUT2D eigenvalue weighted by Crippen LogP contribution is 2.16. The molecule has 0 amide bonds. The van der Waals surface area contributed by atoms with Crippen molar-refractivity contribution in [3.05, 3.63) is 24.5 Å². The highest BCUT2D eigenvalue weighted by molar-refractivity contribution is 7.99. The van der Waals surface area contributed by atoms with E-state index >= 15 is 0 Å². The Balaban J connectivity index is 2.26. The first-order valence-electron chi connectivity index (χ1n) is 5.09. The molecular weight excluding hydrogens is 206 g/mol. The van der Waals surface area contributed by atoms with E-state index in [0.29, 0.717) is 6.04 Å². The van der Waals surface area contributed by atoms with Crippen LogP contribution in [0.4, 0.5) is 0 Å². The summed E-state index contributed by atoms with van der Waals surface area (Å²) >= 11 is 1.73. The first kappa shape index (κ1) is 12.3. The molecular formula is C11H19N3S. The Morgan fingerprint density at radius 3 is 2.93 bits per heavy atom. The Morgan fingerprint density at radius 2 is 2.40 bits per heavy atom. The van der Waals surface area contributed by atoms with E-state index in [-0.39, 0.29) is 0 Å². The quantitative estimate of drug-likeness (QED) is 0.594. The molecule has 1 N–H and O–H groups in total. The van der Waals surface area contributed by atoms with Crippen molar-refractivity contribution in [2.75, 3.05) is 12.3 Å². The van der Waals surface area contributed by atoms with Crippen LogP contribution in [-0.4, -0.2) is 27.9 Å². The zero-order chi connectivity index (χ0) is 11.3. The molecule has 0 spiro atoms. The number of hydrogen-bond donors (Lipinski definition) is 1. The van der Waals surface area contributed by atoms with Crippen molar-refractivity contribution >= 4 is 11.8 Å². The van der Waals surface area contributed by atoms with Crippen LogP contribution in [0.3, 0.4) is 0 Å². The van der Waals surface area contributed by atoms with E-state index in [4.69, 9.17) is 0 Å². The minimum Gasteiger partial charge on any atom is -0.329 e. The van der Waals surface area contributed by atoms with Crippen molar-refractivity contribution in [2.24, 2.45) is 7.05 Å². The fraction of sp³-hybridized carbons (Fsp3) is 0.545. The molecule has 0 saturated carbocycles. The van der Waals surface area contributed by atoms with Crippen molar-refractivity contribution in [1.29, 1.82) is 0 Å². The number of rotatable bonds is 6. The third-order valence-corrected chi connectivity index (χ3v) is 3.15. The number of nitrogens with one attached hydrogen (secondary N) is 1. The van der Waals surface area contributed by atoms with Crippen molar-refractivity contribution in [3.63, 3.8) is 0 Å². The fourth-order valence-corrected chi connectivity index (χ4v) is 1.89. The molecule has 0 atom stereocenters. The van der Waals surface area contributed by atoms with Crippen LogP contribution in [0.1, 0.15) is 13.8 Å². The molecule has 1 heterocycles. The smallest absolute Gasteiger partial charge is 0.167 e. The van der Waals surface area contributed by atoms with E-state index in [1.165, 1.54) is 5.57 Å². The van der Waals surface area contributed by atoms with Crippen LogP contribution in [0.2, 0.25) is 0 Å². The molecule has 0 fully saturated rings. The van der Waals surface area contributed by atoms with Gasteiger partial charge in [0.1, 0.15) is 0 Å². The van der Waals surface area contributed by atoms with E-state index in [0.717, 1.165) is 17.5 Å². The number of aryl methyl sites for hydroxylation is 1. The predicted molar refractivity (Wildman–Crippen MR) is 66.2 cm³/mol. The molecule has 1 aromatic rings.